The molecule has 3 N–H and O–H groups in total. The summed E-state index contributed by atoms with van der Waals surface area (Å²) in [6, 6.07) is 10.4. The van der Waals surface area contributed by atoms with E-state index in [0.717, 1.165) is 24.7 Å². The summed E-state index contributed by atoms with van der Waals surface area (Å²) in [6.07, 6.45) is 3.69. The Morgan fingerprint density at radius 3 is 2.47 bits per heavy atom. The monoisotopic (exact) mass is 411 g/mol. The number of urea groups is 1. The summed E-state index contributed by atoms with van der Waals surface area (Å²) in [5, 5.41) is 12.3. The van der Waals surface area contributed by atoms with Crippen LogP contribution in [0.3, 0.4) is 0 Å². The van der Waals surface area contributed by atoms with Crippen LogP contribution >= 0.6 is 0 Å². The van der Waals surface area contributed by atoms with Gasteiger partial charge in [-0.2, -0.15) is 5.10 Å². The van der Waals surface area contributed by atoms with Crippen LogP contribution in [0.15, 0.2) is 42.5 Å². The molecule has 0 saturated carbocycles. The van der Waals surface area contributed by atoms with Crippen molar-refractivity contribution in [3.63, 3.8) is 0 Å². The van der Waals surface area contributed by atoms with Crippen molar-refractivity contribution in [1.29, 1.82) is 0 Å². The van der Waals surface area contributed by atoms with E-state index in [2.05, 4.69) is 37.9 Å². The molecule has 2 amide bonds. The number of amides is 2. The van der Waals surface area contributed by atoms with E-state index in [1.807, 2.05) is 12.1 Å². The van der Waals surface area contributed by atoms with Crippen molar-refractivity contribution < 1.29 is 13.6 Å². The number of aryl methyl sites for hydroxylation is 1. The van der Waals surface area contributed by atoms with Gasteiger partial charge >= 0.3 is 6.03 Å². The van der Waals surface area contributed by atoms with Crippen molar-refractivity contribution in [1.82, 2.24) is 10.2 Å². The zero-order valence-corrected chi connectivity index (χ0v) is 16.6. The lowest BCUT2D eigenvalue weighted by Gasteiger charge is -2.28. The molecule has 2 aromatic carbocycles. The highest BCUT2D eigenvalue weighted by Gasteiger charge is 2.17. The molecule has 30 heavy (non-hydrogen) atoms. The molecule has 156 valence electrons. The molecule has 8 heteroatoms. The first-order valence-corrected chi connectivity index (χ1v) is 9.94. The number of carbonyl (C=O) groups excluding carboxylic acids is 1. The number of carbonyl (C=O) groups is 1. The average Bonchev–Trinajstić information content (AvgIpc) is 3.11. The van der Waals surface area contributed by atoms with Gasteiger partial charge in [0.25, 0.3) is 0 Å². The molecule has 1 aromatic heterocycles. The molecule has 1 aliphatic rings. The predicted octanol–water partition coefficient (Wildman–Crippen LogP) is 5.30. The van der Waals surface area contributed by atoms with Crippen molar-refractivity contribution in [3.05, 3.63) is 59.8 Å². The van der Waals surface area contributed by atoms with Crippen LogP contribution in [-0.2, 0) is 0 Å². The summed E-state index contributed by atoms with van der Waals surface area (Å²) in [5.41, 5.74) is 3.67. The molecule has 0 aliphatic carbocycles. The number of aromatic amines is 1. The second-order valence-electron chi connectivity index (χ2n) is 7.37. The molecule has 3 aromatic rings. The average molecular weight is 411 g/mol. The van der Waals surface area contributed by atoms with Gasteiger partial charge in [-0.15, -0.1) is 0 Å². The van der Waals surface area contributed by atoms with Gasteiger partial charge in [-0.3, -0.25) is 5.10 Å². The highest BCUT2D eigenvalue weighted by Crippen LogP contribution is 2.31. The fourth-order valence-corrected chi connectivity index (χ4v) is 3.63. The number of aromatic nitrogens is 2. The van der Waals surface area contributed by atoms with Gasteiger partial charge in [0.1, 0.15) is 17.3 Å². The summed E-state index contributed by atoms with van der Waals surface area (Å²) in [4.78, 5) is 14.8. The SMILES string of the molecule is Cc1[nH]nc(-c2ccc(N3CCCCC3)cc2)c1NC(=O)Nc1ccc(F)cc1F. The number of H-pyrrole nitrogens is 1. The molecular weight excluding hydrogens is 388 g/mol. The van der Waals surface area contributed by atoms with Crippen LogP contribution < -0.4 is 15.5 Å². The molecule has 0 spiro atoms. The van der Waals surface area contributed by atoms with Gasteiger partial charge in [0.15, 0.2) is 0 Å². The minimum Gasteiger partial charge on any atom is -0.372 e. The first kappa shape index (κ1) is 19.9. The van der Waals surface area contributed by atoms with Gasteiger partial charge in [0.2, 0.25) is 0 Å². The van der Waals surface area contributed by atoms with Gasteiger partial charge in [-0.1, -0.05) is 12.1 Å². The molecule has 1 saturated heterocycles. The summed E-state index contributed by atoms with van der Waals surface area (Å²) < 4.78 is 26.8. The van der Waals surface area contributed by atoms with Gasteiger partial charge in [-0.05, 0) is 50.5 Å². The van der Waals surface area contributed by atoms with Crippen LogP contribution in [0.2, 0.25) is 0 Å². The van der Waals surface area contributed by atoms with Crippen LogP contribution in [-0.4, -0.2) is 29.3 Å². The lowest BCUT2D eigenvalue weighted by atomic mass is 10.1. The van der Waals surface area contributed by atoms with E-state index in [9.17, 15) is 13.6 Å². The third-order valence-electron chi connectivity index (χ3n) is 5.23. The van der Waals surface area contributed by atoms with Crippen molar-refractivity contribution >= 4 is 23.1 Å². The van der Waals surface area contributed by atoms with E-state index in [-0.39, 0.29) is 5.69 Å². The normalized spacial score (nSPS) is 13.9. The minimum absolute atomic E-state index is 0.109. The maximum Gasteiger partial charge on any atom is 0.323 e. The van der Waals surface area contributed by atoms with Crippen molar-refractivity contribution in [2.24, 2.45) is 0 Å². The van der Waals surface area contributed by atoms with Crippen LogP contribution in [0.4, 0.5) is 30.6 Å². The number of nitrogens with zero attached hydrogens (tertiary/aromatic N) is 2. The lowest BCUT2D eigenvalue weighted by Crippen LogP contribution is -2.29. The number of benzene rings is 2. The highest BCUT2D eigenvalue weighted by atomic mass is 19.1. The topological polar surface area (TPSA) is 73.0 Å². The lowest BCUT2D eigenvalue weighted by molar-refractivity contribution is 0.262. The maximum absolute atomic E-state index is 13.8. The molecule has 6 nitrogen and oxygen atoms in total. The molecular formula is C22H23F2N5O. The first-order valence-electron chi connectivity index (χ1n) is 9.94. The van der Waals surface area contributed by atoms with E-state index < -0.39 is 17.7 Å². The maximum atomic E-state index is 13.8. The molecule has 2 heterocycles. The number of hydrogen-bond acceptors (Lipinski definition) is 3. The van der Waals surface area contributed by atoms with Gasteiger partial charge in [0, 0.05) is 30.4 Å². The zero-order valence-electron chi connectivity index (χ0n) is 16.6. The zero-order chi connectivity index (χ0) is 21.1. The van der Waals surface area contributed by atoms with Gasteiger partial charge < -0.3 is 15.5 Å². The van der Waals surface area contributed by atoms with Crippen LogP contribution in [0.1, 0.15) is 25.0 Å². The molecule has 0 radical (unpaired) electrons. The molecule has 1 aliphatic heterocycles. The number of rotatable bonds is 4. The molecule has 0 unspecified atom stereocenters. The van der Waals surface area contributed by atoms with Crippen molar-refractivity contribution in [2.75, 3.05) is 28.6 Å². The van der Waals surface area contributed by atoms with E-state index in [1.54, 1.807) is 6.92 Å². The Labute approximate surface area is 173 Å². The number of hydrogen-bond donors (Lipinski definition) is 3. The Morgan fingerprint density at radius 2 is 1.77 bits per heavy atom. The van der Waals surface area contributed by atoms with E-state index in [1.165, 1.54) is 31.0 Å². The summed E-state index contributed by atoms with van der Waals surface area (Å²) in [7, 11) is 0. The van der Waals surface area contributed by atoms with E-state index >= 15 is 0 Å². The predicted molar refractivity (Wildman–Crippen MR) is 114 cm³/mol. The highest BCUT2D eigenvalue weighted by molar-refractivity contribution is 6.02. The van der Waals surface area contributed by atoms with E-state index in [4.69, 9.17) is 0 Å². The Kier molecular flexibility index (Phi) is 5.65. The molecule has 4 rings (SSSR count). The van der Waals surface area contributed by atoms with Gasteiger partial charge in [0.05, 0.1) is 17.1 Å². The van der Waals surface area contributed by atoms with Gasteiger partial charge in [-0.25, -0.2) is 13.6 Å². The van der Waals surface area contributed by atoms with E-state index in [0.29, 0.717) is 23.1 Å². The third kappa shape index (κ3) is 4.27. The summed E-state index contributed by atoms with van der Waals surface area (Å²) >= 11 is 0. The second-order valence-corrected chi connectivity index (χ2v) is 7.37. The number of anilines is 3. The smallest absolute Gasteiger partial charge is 0.323 e. The quantitative estimate of drug-likeness (QED) is 0.546. The molecule has 0 bridgehead atoms. The first-order chi connectivity index (χ1) is 14.5. The number of halogens is 2. The second kappa shape index (κ2) is 8.52. The van der Waals surface area contributed by atoms with Crippen LogP contribution in [0.5, 0.6) is 0 Å². The van der Waals surface area contributed by atoms with Crippen LogP contribution in [0, 0.1) is 18.6 Å². The minimum atomic E-state index is -0.845. The number of nitrogens with one attached hydrogen (secondary N) is 3. The van der Waals surface area contributed by atoms with Crippen molar-refractivity contribution in [3.8, 4) is 11.3 Å². The van der Waals surface area contributed by atoms with Crippen molar-refractivity contribution in [2.45, 2.75) is 26.2 Å². The standard InChI is InChI=1S/C22H23F2N5O/c1-14-20(26-22(30)25-19-10-7-16(23)13-18(19)24)21(28-27-14)15-5-8-17(9-6-15)29-11-3-2-4-12-29/h5-10,13H,2-4,11-12H2,1H3,(H,27,28)(H2,25,26,30). The largest absolute Gasteiger partial charge is 0.372 e. The Balaban J connectivity index is 1.50. The summed E-state index contributed by atoms with van der Waals surface area (Å²) in [5.74, 6) is -1.55. The fourth-order valence-electron chi connectivity index (χ4n) is 3.63. The Bertz CT molecular complexity index is 1040. The number of piperidine rings is 1. The summed E-state index contributed by atoms with van der Waals surface area (Å²) in [6.45, 7) is 3.91. The Morgan fingerprint density at radius 1 is 1.03 bits per heavy atom. The fraction of sp³-hybridized carbons (Fsp3) is 0.273. The third-order valence-corrected chi connectivity index (χ3v) is 5.23. The van der Waals surface area contributed by atoms with Crippen LogP contribution in [0.25, 0.3) is 11.3 Å². The molecule has 1 fully saturated rings. The molecule has 0 atom stereocenters. The Hall–Kier alpha value is -3.42.